The number of hydrogen-bond acceptors (Lipinski definition) is 2. The van der Waals surface area contributed by atoms with E-state index >= 15 is 0 Å². The van der Waals surface area contributed by atoms with Gasteiger partial charge in [0.2, 0.25) is 0 Å². The second-order valence-electron chi connectivity index (χ2n) is 16.7. The molecule has 0 aliphatic rings. The molecule has 0 aliphatic heterocycles. The largest absolute Gasteiger partial charge is 0.455 e. The standard InChI is InChI=1S/C60H34O2/c1-7-19-44-35(13-1)25-27-53-55(44)57-46-21-9-4-16-38(46)33-51(59(57)61-53)41-29-40(50-32-37-15-3-6-18-43(37)48-23-11-12-24-49(48)50)30-42(31-41)52-34-39-17-5-10-22-47(39)58-56-45-20-8-2-14-36(45)26-28-54(56)62-60(52)58/h1-34H. The van der Waals surface area contributed by atoms with Crippen LogP contribution >= 0.6 is 0 Å². The predicted octanol–water partition coefficient (Wildman–Crippen LogP) is 17.4. The van der Waals surface area contributed by atoms with Gasteiger partial charge in [0.1, 0.15) is 22.3 Å². The van der Waals surface area contributed by atoms with Crippen LogP contribution in [0.3, 0.4) is 0 Å². The number of furan rings is 2. The monoisotopic (exact) mass is 786 g/mol. The fourth-order valence-electron chi connectivity index (χ4n) is 10.6. The van der Waals surface area contributed by atoms with Crippen molar-refractivity contribution in [3.8, 4) is 33.4 Å². The molecule has 0 bridgehead atoms. The molecule has 62 heavy (non-hydrogen) atoms. The topological polar surface area (TPSA) is 26.3 Å². The summed E-state index contributed by atoms with van der Waals surface area (Å²) in [5, 5.41) is 19.0. The summed E-state index contributed by atoms with van der Waals surface area (Å²) in [5.74, 6) is 0. The maximum absolute atomic E-state index is 7.06. The quantitative estimate of drug-likeness (QED) is 0.167. The van der Waals surface area contributed by atoms with Crippen LogP contribution in [0.1, 0.15) is 0 Å². The van der Waals surface area contributed by atoms with Crippen LogP contribution in [0.5, 0.6) is 0 Å². The maximum atomic E-state index is 7.06. The van der Waals surface area contributed by atoms with Crippen molar-refractivity contribution in [3.05, 3.63) is 206 Å². The zero-order valence-electron chi connectivity index (χ0n) is 33.4. The molecule has 0 N–H and O–H groups in total. The van der Waals surface area contributed by atoms with E-state index in [0.29, 0.717) is 0 Å². The van der Waals surface area contributed by atoms with Crippen molar-refractivity contribution < 1.29 is 8.83 Å². The van der Waals surface area contributed by atoms with E-state index in [1.165, 1.54) is 70.2 Å². The Labute approximate surface area is 355 Å². The Bertz CT molecular complexity index is 4010. The summed E-state index contributed by atoms with van der Waals surface area (Å²) in [7, 11) is 0. The summed E-state index contributed by atoms with van der Waals surface area (Å²) >= 11 is 0. The molecular weight excluding hydrogens is 753 g/mol. The van der Waals surface area contributed by atoms with Crippen molar-refractivity contribution in [1.82, 2.24) is 0 Å². The molecule has 0 aliphatic carbocycles. The maximum Gasteiger partial charge on any atom is 0.143 e. The molecule has 0 saturated heterocycles. The molecule has 0 amide bonds. The normalized spacial score (nSPS) is 12.2. The Morgan fingerprint density at radius 1 is 0.226 bits per heavy atom. The van der Waals surface area contributed by atoms with E-state index < -0.39 is 0 Å². The molecule has 2 heteroatoms. The van der Waals surface area contributed by atoms with Crippen molar-refractivity contribution in [1.29, 1.82) is 0 Å². The van der Waals surface area contributed by atoms with E-state index in [-0.39, 0.29) is 0 Å². The number of benzene rings is 12. The lowest BCUT2D eigenvalue weighted by molar-refractivity contribution is 0.670. The van der Waals surface area contributed by atoms with Gasteiger partial charge in [-0.1, -0.05) is 158 Å². The van der Waals surface area contributed by atoms with Crippen LogP contribution in [0.2, 0.25) is 0 Å². The van der Waals surface area contributed by atoms with Crippen LogP contribution in [-0.2, 0) is 0 Å². The molecule has 2 aromatic heterocycles. The van der Waals surface area contributed by atoms with Gasteiger partial charge in [0.15, 0.2) is 0 Å². The van der Waals surface area contributed by atoms with Gasteiger partial charge < -0.3 is 8.83 Å². The lowest BCUT2D eigenvalue weighted by Gasteiger charge is -2.16. The molecule has 2 heterocycles. The van der Waals surface area contributed by atoms with Crippen molar-refractivity contribution in [2.45, 2.75) is 0 Å². The second kappa shape index (κ2) is 12.7. The third kappa shape index (κ3) is 4.75. The van der Waals surface area contributed by atoms with E-state index in [4.69, 9.17) is 8.83 Å². The van der Waals surface area contributed by atoms with Crippen LogP contribution in [0, 0.1) is 0 Å². The Morgan fingerprint density at radius 3 is 1.05 bits per heavy atom. The molecule has 14 rings (SSSR count). The molecule has 0 radical (unpaired) electrons. The first-order valence-corrected chi connectivity index (χ1v) is 21.3. The van der Waals surface area contributed by atoms with Gasteiger partial charge >= 0.3 is 0 Å². The van der Waals surface area contributed by atoms with Crippen LogP contribution < -0.4 is 0 Å². The zero-order chi connectivity index (χ0) is 40.5. The van der Waals surface area contributed by atoms with Crippen molar-refractivity contribution >= 4 is 109 Å². The van der Waals surface area contributed by atoms with E-state index in [0.717, 1.165) is 71.7 Å². The molecule has 12 aromatic carbocycles. The summed E-state index contributed by atoms with van der Waals surface area (Å²) in [6.45, 7) is 0. The van der Waals surface area contributed by atoms with E-state index in [9.17, 15) is 0 Å². The molecule has 14 aromatic rings. The summed E-state index contributed by atoms with van der Waals surface area (Å²) in [6.07, 6.45) is 0. The highest BCUT2D eigenvalue weighted by Gasteiger charge is 2.23. The van der Waals surface area contributed by atoms with Crippen molar-refractivity contribution in [2.24, 2.45) is 0 Å². The van der Waals surface area contributed by atoms with Crippen LogP contribution in [-0.4, -0.2) is 0 Å². The highest BCUT2D eigenvalue weighted by atomic mass is 16.3. The van der Waals surface area contributed by atoms with E-state index in [1.807, 2.05) is 0 Å². The molecule has 0 fully saturated rings. The third-order valence-corrected chi connectivity index (χ3v) is 13.3. The summed E-state index contributed by atoms with van der Waals surface area (Å²) in [4.78, 5) is 0. The highest BCUT2D eigenvalue weighted by Crippen LogP contribution is 2.48. The minimum absolute atomic E-state index is 0.888. The molecule has 0 unspecified atom stereocenters. The summed E-state index contributed by atoms with van der Waals surface area (Å²) in [5.41, 5.74) is 10.1. The second-order valence-corrected chi connectivity index (χ2v) is 16.7. The van der Waals surface area contributed by atoms with Gasteiger partial charge in [-0.25, -0.2) is 0 Å². The molecule has 0 saturated carbocycles. The number of rotatable bonds is 3. The summed E-state index contributed by atoms with van der Waals surface area (Å²) in [6, 6.07) is 75.1. The third-order valence-electron chi connectivity index (χ3n) is 13.3. The minimum Gasteiger partial charge on any atom is -0.455 e. The van der Waals surface area contributed by atoms with Gasteiger partial charge in [0.25, 0.3) is 0 Å². The Balaban J connectivity index is 1.15. The smallest absolute Gasteiger partial charge is 0.143 e. The Morgan fingerprint density at radius 2 is 0.565 bits per heavy atom. The minimum atomic E-state index is 0.888. The first kappa shape index (κ1) is 33.6. The predicted molar refractivity (Wildman–Crippen MR) is 262 cm³/mol. The van der Waals surface area contributed by atoms with Gasteiger partial charge in [-0.2, -0.15) is 0 Å². The lowest BCUT2D eigenvalue weighted by atomic mass is 9.87. The van der Waals surface area contributed by atoms with Crippen molar-refractivity contribution in [2.75, 3.05) is 0 Å². The first-order valence-electron chi connectivity index (χ1n) is 21.3. The molecule has 0 spiro atoms. The number of fused-ring (bicyclic) bond motifs is 17. The van der Waals surface area contributed by atoms with Gasteiger partial charge in [0, 0.05) is 32.7 Å². The van der Waals surface area contributed by atoms with Crippen molar-refractivity contribution in [3.63, 3.8) is 0 Å². The Hall–Kier alpha value is -8.20. The van der Waals surface area contributed by atoms with Gasteiger partial charge in [-0.3, -0.25) is 0 Å². The van der Waals surface area contributed by atoms with Gasteiger partial charge in [-0.15, -0.1) is 0 Å². The van der Waals surface area contributed by atoms with Crippen LogP contribution in [0.15, 0.2) is 215 Å². The van der Waals surface area contributed by atoms with E-state index in [2.05, 4.69) is 206 Å². The lowest BCUT2D eigenvalue weighted by Crippen LogP contribution is -1.90. The Kier molecular flexibility index (Phi) is 6.86. The fraction of sp³-hybridized carbons (Fsp3) is 0. The summed E-state index contributed by atoms with van der Waals surface area (Å²) < 4.78 is 14.1. The van der Waals surface area contributed by atoms with Crippen LogP contribution in [0.25, 0.3) is 142 Å². The zero-order valence-corrected chi connectivity index (χ0v) is 33.4. The van der Waals surface area contributed by atoms with Gasteiger partial charge in [-0.05, 0) is 135 Å². The first-order chi connectivity index (χ1) is 30.7. The highest BCUT2D eigenvalue weighted by molar-refractivity contribution is 6.30. The average Bonchev–Trinajstić information content (AvgIpc) is 3.94. The van der Waals surface area contributed by atoms with E-state index in [1.54, 1.807) is 0 Å². The molecule has 2 nitrogen and oxygen atoms in total. The SMILES string of the molecule is c1ccc2c(c1)cc(-c1cc(-c3cc4ccccc4c4c3oc3ccc5ccccc5c34)cc(-c3cc4ccccc4c4c3oc3ccc5ccccc5c34)c1)c1ccccc12. The average molecular weight is 787 g/mol. The molecular formula is C60H34O2. The molecule has 286 valence electrons. The fourth-order valence-corrected chi connectivity index (χ4v) is 10.6. The molecule has 0 atom stereocenters. The number of hydrogen-bond donors (Lipinski definition) is 0. The van der Waals surface area contributed by atoms with Gasteiger partial charge in [0.05, 0.1) is 0 Å². The van der Waals surface area contributed by atoms with Crippen LogP contribution in [0.4, 0.5) is 0 Å².